The average Bonchev–Trinajstić information content (AvgIpc) is 3.23. The molecule has 10 heteroatoms. The Balaban J connectivity index is 1.61. The average molecular weight is 475 g/mol. The minimum Gasteiger partial charge on any atom is -0.492 e. The first-order valence-electron chi connectivity index (χ1n) is 9.62. The Bertz CT molecular complexity index is 1260. The molecule has 1 amide bonds. The Hall–Kier alpha value is -3.43. The lowest BCUT2D eigenvalue weighted by Crippen LogP contribution is -2.16. The van der Waals surface area contributed by atoms with E-state index in [-0.39, 0.29) is 17.4 Å². The van der Waals surface area contributed by atoms with Crippen molar-refractivity contribution < 1.29 is 27.4 Å². The molecule has 0 atom stereocenters. The van der Waals surface area contributed by atoms with Crippen LogP contribution in [0.5, 0.6) is 17.2 Å². The Morgan fingerprint density at radius 1 is 1.03 bits per heavy atom. The van der Waals surface area contributed by atoms with Crippen molar-refractivity contribution in [2.45, 2.75) is 11.8 Å². The Morgan fingerprint density at radius 3 is 2.53 bits per heavy atom. The first-order chi connectivity index (χ1) is 15.4. The molecular formula is C22H19ClN2O6S. The molecule has 0 bridgehead atoms. The predicted molar refractivity (Wildman–Crippen MR) is 120 cm³/mol. The zero-order chi connectivity index (χ0) is 22.7. The fourth-order valence-electron chi connectivity index (χ4n) is 3.03. The van der Waals surface area contributed by atoms with Gasteiger partial charge in [0, 0.05) is 16.7 Å². The van der Waals surface area contributed by atoms with E-state index in [1.54, 1.807) is 43.3 Å². The van der Waals surface area contributed by atoms with Crippen molar-refractivity contribution in [1.82, 2.24) is 0 Å². The quantitative estimate of drug-likeness (QED) is 0.522. The fraction of sp³-hybridized carbons (Fsp3) is 0.136. The number of carbonyl (C=O) groups is 1. The largest absolute Gasteiger partial charge is 0.492 e. The number of sulfonamides is 1. The Morgan fingerprint density at radius 2 is 1.78 bits per heavy atom. The summed E-state index contributed by atoms with van der Waals surface area (Å²) in [5.74, 6) is 0.909. The molecule has 4 rings (SSSR count). The molecule has 32 heavy (non-hydrogen) atoms. The number of benzene rings is 3. The molecule has 166 valence electrons. The van der Waals surface area contributed by atoms with Crippen LogP contribution >= 0.6 is 11.6 Å². The summed E-state index contributed by atoms with van der Waals surface area (Å²) in [7, 11) is -3.96. The van der Waals surface area contributed by atoms with Crippen molar-refractivity contribution in [2.24, 2.45) is 0 Å². The number of fused-ring (bicyclic) bond motifs is 1. The molecule has 0 fully saturated rings. The van der Waals surface area contributed by atoms with Gasteiger partial charge in [-0.05, 0) is 61.5 Å². The molecule has 3 aromatic rings. The first kappa shape index (κ1) is 21.8. The van der Waals surface area contributed by atoms with E-state index >= 15 is 0 Å². The normalized spacial score (nSPS) is 12.3. The molecule has 1 aliphatic rings. The standard InChI is InChI=1S/C22H19ClN2O6S/c1-2-29-19-10-8-17(12-18(19)24-22(26)14-3-5-15(23)6-4-14)32(27,28)25-16-7-9-20-21(11-16)31-13-30-20/h3-12,25H,2,13H2,1H3,(H,24,26). The smallest absolute Gasteiger partial charge is 0.261 e. The minimum absolute atomic E-state index is 0.0509. The van der Waals surface area contributed by atoms with Gasteiger partial charge in [0.1, 0.15) is 5.75 Å². The maximum Gasteiger partial charge on any atom is 0.261 e. The lowest BCUT2D eigenvalue weighted by molar-refractivity contribution is 0.102. The third-order valence-electron chi connectivity index (χ3n) is 4.54. The van der Waals surface area contributed by atoms with Crippen LogP contribution in [0.3, 0.4) is 0 Å². The Kier molecular flexibility index (Phi) is 6.11. The summed E-state index contributed by atoms with van der Waals surface area (Å²) >= 11 is 5.87. The van der Waals surface area contributed by atoms with Crippen LogP contribution in [-0.2, 0) is 10.0 Å². The first-order valence-corrected chi connectivity index (χ1v) is 11.5. The van der Waals surface area contributed by atoms with Gasteiger partial charge in [0.15, 0.2) is 11.5 Å². The molecule has 3 aromatic carbocycles. The second kappa shape index (κ2) is 8.97. The van der Waals surface area contributed by atoms with Crippen LogP contribution in [0.15, 0.2) is 65.6 Å². The third kappa shape index (κ3) is 4.74. The van der Waals surface area contributed by atoms with Gasteiger partial charge in [0.05, 0.1) is 22.9 Å². The Labute approximate surface area is 190 Å². The lowest BCUT2D eigenvalue weighted by Gasteiger charge is -2.14. The van der Waals surface area contributed by atoms with Crippen LogP contribution < -0.4 is 24.2 Å². The van der Waals surface area contributed by atoms with Crippen LogP contribution in [0.2, 0.25) is 5.02 Å². The molecule has 2 N–H and O–H groups in total. The summed E-state index contributed by atoms with van der Waals surface area (Å²) in [6, 6.07) is 15.3. The van der Waals surface area contributed by atoms with Gasteiger partial charge in [-0.25, -0.2) is 8.42 Å². The van der Waals surface area contributed by atoms with Crippen LogP contribution in [0.1, 0.15) is 17.3 Å². The highest BCUT2D eigenvalue weighted by Crippen LogP contribution is 2.35. The van der Waals surface area contributed by atoms with Gasteiger partial charge < -0.3 is 19.5 Å². The molecule has 0 radical (unpaired) electrons. The summed E-state index contributed by atoms with van der Waals surface area (Å²) in [6.45, 7) is 2.21. The van der Waals surface area contributed by atoms with Crippen molar-refractivity contribution in [1.29, 1.82) is 0 Å². The van der Waals surface area contributed by atoms with Gasteiger partial charge in [-0.1, -0.05) is 11.6 Å². The van der Waals surface area contributed by atoms with Crippen molar-refractivity contribution in [3.63, 3.8) is 0 Å². The molecule has 0 saturated carbocycles. The molecule has 0 spiro atoms. The summed E-state index contributed by atoms with van der Waals surface area (Å²) in [6.07, 6.45) is 0. The molecule has 1 heterocycles. The zero-order valence-electron chi connectivity index (χ0n) is 16.9. The van der Waals surface area contributed by atoms with Crippen molar-refractivity contribution >= 4 is 38.9 Å². The number of hydrogen-bond acceptors (Lipinski definition) is 6. The molecule has 8 nitrogen and oxygen atoms in total. The molecule has 0 aliphatic carbocycles. The van der Waals surface area contributed by atoms with E-state index in [0.29, 0.717) is 40.1 Å². The minimum atomic E-state index is -3.96. The van der Waals surface area contributed by atoms with E-state index in [1.165, 1.54) is 24.3 Å². The van der Waals surface area contributed by atoms with Crippen LogP contribution in [0.25, 0.3) is 0 Å². The summed E-state index contributed by atoms with van der Waals surface area (Å²) in [5, 5.41) is 3.20. The SMILES string of the molecule is CCOc1ccc(S(=O)(=O)Nc2ccc3c(c2)OCO3)cc1NC(=O)c1ccc(Cl)cc1. The maximum absolute atomic E-state index is 13.0. The van der Waals surface area contributed by atoms with E-state index in [2.05, 4.69) is 10.0 Å². The van der Waals surface area contributed by atoms with Gasteiger partial charge in [0.2, 0.25) is 6.79 Å². The molecule has 1 aliphatic heterocycles. The number of amides is 1. The molecular weight excluding hydrogens is 456 g/mol. The third-order valence-corrected chi connectivity index (χ3v) is 6.17. The highest BCUT2D eigenvalue weighted by Gasteiger charge is 2.20. The topological polar surface area (TPSA) is 103 Å². The fourth-order valence-corrected chi connectivity index (χ4v) is 4.23. The van der Waals surface area contributed by atoms with Crippen LogP contribution in [0.4, 0.5) is 11.4 Å². The molecule has 0 unspecified atom stereocenters. The second-order valence-corrected chi connectivity index (χ2v) is 8.84. The monoisotopic (exact) mass is 474 g/mol. The van der Waals surface area contributed by atoms with E-state index in [0.717, 1.165) is 0 Å². The van der Waals surface area contributed by atoms with Crippen molar-refractivity contribution in [3.05, 3.63) is 71.2 Å². The van der Waals surface area contributed by atoms with Gasteiger partial charge in [-0.3, -0.25) is 9.52 Å². The van der Waals surface area contributed by atoms with E-state index < -0.39 is 15.9 Å². The number of rotatable bonds is 7. The number of halogens is 1. The number of hydrogen-bond donors (Lipinski definition) is 2. The van der Waals surface area contributed by atoms with Gasteiger partial charge in [-0.15, -0.1) is 0 Å². The highest BCUT2D eigenvalue weighted by molar-refractivity contribution is 7.92. The van der Waals surface area contributed by atoms with Crippen molar-refractivity contribution in [2.75, 3.05) is 23.4 Å². The van der Waals surface area contributed by atoms with Gasteiger partial charge in [0.25, 0.3) is 15.9 Å². The van der Waals surface area contributed by atoms with Gasteiger partial charge >= 0.3 is 0 Å². The molecule has 0 aromatic heterocycles. The number of carbonyl (C=O) groups excluding carboxylic acids is 1. The predicted octanol–water partition coefficient (Wildman–Crippen LogP) is 4.52. The molecule has 0 saturated heterocycles. The second-order valence-electron chi connectivity index (χ2n) is 6.73. The summed E-state index contributed by atoms with van der Waals surface area (Å²) in [4.78, 5) is 12.6. The summed E-state index contributed by atoms with van der Waals surface area (Å²) in [5.41, 5.74) is 0.902. The van der Waals surface area contributed by atoms with Crippen LogP contribution in [-0.4, -0.2) is 27.7 Å². The zero-order valence-corrected chi connectivity index (χ0v) is 18.5. The van der Waals surface area contributed by atoms with Crippen molar-refractivity contribution in [3.8, 4) is 17.2 Å². The maximum atomic E-state index is 13.0. The summed E-state index contributed by atoms with van der Waals surface area (Å²) < 4.78 is 44.5. The number of nitrogens with one attached hydrogen (secondary N) is 2. The highest BCUT2D eigenvalue weighted by atomic mass is 35.5. The van der Waals surface area contributed by atoms with Crippen LogP contribution in [0, 0.1) is 0 Å². The number of ether oxygens (including phenoxy) is 3. The number of anilines is 2. The van der Waals surface area contributed by atoms with E-state index in [9.17, 15) is 13.2 Å². The van der Waals surface area contributed by atoms with E-state index in [4.69, 9.17) is 25.8 Å². The van der Waals surface area contributed by atoms with Gasteiger partial charge in [-0.2, -0.15) is 0 Å². The van der Waals surface area contributed by atoms with E-state index in [1.807, 2.05) is 0 Å². The lowest BCUT2D eigenvalue weighted by atomic mass is 10.2.